The van der Waals surface area contributed by atoms with Crippen LogP contribution >= 0.6 is 11.3 Å². The van der Waals surface area contributed by atoms with Gasteiger partial charge in [0.1, 0.15) is 5.01 Å². The maximum Gasteiger partial charge on any atom is 0.226 e. The lowest BCUT2D eigenvalue weighted by atomic mass is 9.95. The van der Waals surface area contributed by atoms with E-state index in [-0.39, 0.29) is 30.2 Å². The number of hydrogen-bond donors (Lipinski definition) is 1. The Morgan fingerprint density at radius 2 is 2.24 bits per heavy atom. The third kappa shape index (κ3) is 6.33. The van der Waals surface area contributed by atoms with E-state index in [4.69, 9.17) is 0 Å². The SMILES string of the molecule is CN1C[C@H](NCc2nccs2)CCC[C@@H](C(=O)N(C)Cc2cccnc2)CC1=O. The molecule has 1 fully saturated rings. The highest BCUT2D eigenvalue weighted by Gasteiger charge is 2.29. The molecule has 1 N–H and O–H groups in total. The smallest absolute Gasteiger partial charge is 0.226 e. The Kier molecular flexibility index (Phi) is 7.71. The average molecular weight is 416 g/mol. The molecule has 0 bridgehead atoms. The number of likely N-dealkylation sites (N-methyl/N-ethyl adjacent to an activating group) is 1. The minimum absolute atomic E-state index is 0.0288. The number of pyridine rings is 1. The van der Waals surface area contributed by atoms with Gasteiger partial charge in [0.05, 0.1) is 0 Å². The molecule has 7 nitrogen and oxygen atoms in total. The number of carbonyl (C=O) groups is 2. The number of carbonyl (C=O) groups excluding carboxylic acids is 2. The van der Waals surface area contributed by atoms with Gasteiger partial charge in [0.25, 0.3) is 0 Å². The summed E-state index contributed by atoms with van der Waals surface area (Å²) in [4.78, 5) is 37.6. The van der Waals surface area contributed by atoms with Crippen molar-refractivity contribution in [1.29, 1.82) is 0 Å². The van der Waals surface area contributed by atoms with E-state index in [9.17, 15) is 9.59 Å². The zero-order chi connectivity index (χ0) is 20.6. The maximum atomic E-state index is 13.0. The maximum absolute atomic E-state index is 13.0. The number of nitrogens with zero attached hydrogens (tertiary/aromatic N) is 4. The summed E-state index contributed by atoms with van der Waals surface area (Å²) >= 11 is 1.63. The Bertz CT molecular complexity index is 784. The van der Waals surface area contributed by atoms with Crippen LogP contribution in [0.5, 0.6) is 0 Å². The summed E-state index contributed by atoms with van der Waals surface area (Å²) in [5.74, 6) is -0.213. The van der Waals surface area contributed by atoms with Crippen molar-refractivity contribution < 1.29 is 9.59 Å². The quantitative estimate of drug-likeness (QED) is 0.783. The van der Waals surface area contributed by atoms with Gasteiger partial charge in [0, 0.05) is 76.1 Å². The summed E-state index contributed by atoms with van der Waals surface area (Å²) in [5, 5.41) is 6.53. The second kappa shape index (κ2) is 10.5. The van der Waals surface area contributed by atoms with Gasteiger partial charge in [-0.05, 0) is 24.5 Å². The number of rotatable bonds is 6. The lowest BCUT2D eigenvalue weighted by Crippen LogP contribution is -2.42. The van der Waals surface area contributed by atoms with E-state index in [1.165, 1.54) is 0 Å². The van der Waals surface area contributed by atoms with Crippen molar-refractivity contribution in [3.8, 4) is 0 Å². The van der Waals surface area contributed by atoms with Crippen molar-refractivity contribution in [2.45, 2.75) is 44.8 Å². The minimum atomic E-state index is -0.274. The number of nitrogens with one attached hydrogen (secondary N) is 1. The highest BCUT2D eigenvalue weighted by molar-refractivity contribution is 7.09. The summed E-state index contributed by atoms with van der Waals surface area (Å²) < 4.78 is 0. The molecule has 3 rings (SSSR count). The van der Waals surface area contributed by atoms with Gasteiger partial charge in [-0.1, -0.05) is 12.5 Å². The van der Waals surface area contributed by atoms with Crippen molar-refractivity contribution in [1.82, 2.24) is 25.1 Å². The molecule has 2 aromatic rings. The molecule has 0 radical (unpaired) electrons. The molecular weight excluding hydrogens is 386 g/mol. The standard InChI is InChI=1S/C21H29N5O2S/c1-25-15-18(24-13-19-23-9-10-29-19)7-3-6-17(11-20(25)27)21(28)26(2)14-16-5-4-8-22-12-16/h4-5,8-10,12,17-18,24H,3,6-7,11,13-15H2,1-2H3/t17-,18-/m1/s1. The van der Waals surface area contributed by atoms with Gasteiger partial charge in [0.2, 0.25) is 11.8 Å². The van der Waals surface area contributed by atoms with Crippen molar-refractivity contribution in [3.05, 3.63) is 46.7 Å². The van der Waals surface area contributed by atoms with E-state index in [2.05, 4.69) is 15.3 Å². The first kappa shape index (κ1) is 21.4. The lowest BCUT2D eigenvalue weighted by molar-refractivity contribution is -0.140. The van der Waals surface area contributed by atoms with Crippen LogP contribution in [0.1, 0.15) is 36.3 Å². The van der Waals surface area contributed by atoms with Crippen LogP contribution in [-0.2, 0) is 22.7 Å². The van der Waals surface area contributed by atoms with Crippen molar-refractivity contribution >= 4 is 23.2 Å². The second-order valence-electron chi connectivity index (χ2n) is 7.67. The topological polar surface area (TPSA) is 78.4 Å². The molecule has 0 spiro atoms. The number of aromatic nitrogens is 2. The van der Waals surface area contributed by atoms with E-state index in [0.29, 0.717) is 19.6 Å². The van der Waals surface area contributed by atoms with Crippen LogP contribution in [0.3, 0.4) is 0 Å². The fourth-order valence-corrected chi connectivity index (χ4v) is 4.27. The third-order valence-corrected chi connectivity index (χ3v) is 6.12. The highest BCUT2D eigenvalue weighted by Crippen LogP contribution is 2.21. The lowest BCUT2D eigenvalue weighted by Gasteiger charge is -2.25. The first-order chi connectivity index (χ1) is 14.0. The van der Waals surface area contributed by atoms with Gasteiger partial charge in [-0.3, -0.25) is 14.6 Å². The van der Waals surface area contributed by atoms with Crippen molar-refractivity contribution in [3.63, 3.8) is 0 Å². The first-order valence-corrected chi connectivity index (χ1v) is 10.9. The van der Waals surface area contributed by atoms with Crippen LogP contribution in [-0.4, -0.2) is 58.3 Å². The monoisotopic (exact) mass is 415 g/mol. The molecule has 2 atom stereocenters. The van der Waals surface area contributed by atoms with Crippen molar-refractivity contribution in [2.75, 3.05) is 20.6 Å². The fraction of sp³-hybridized carbons (Fsp3) is 0.524. The largest absolute Gasteiger partial charge is 0.344 e. The summed E-state index contributed by atoms with van der Waals surface area (Å²) in [6.45, 7) is 1.86. The van der Waals surface area contributed by atoms with Gasteiger partial charge in [0.15, 0.2) is 0 Å². The molecule has 0 unspecified atom stereocenters. The molecule has 3 heterocycles. The third-order valence-electron chi connectivity index (χ3n) is 5.34. The van der Waals surface area contributed by atoms with E-state index in [0.717, 1.165) is 29.8 Å². The van der Waals surface area contributed by atoms with E-state index >= 15 is 0 Å². The Morgan fingerprint density at radius 1 is 1.38 bits per heavy atom. The van der Waals surface area contributed by atoms with Crippen LogP contribution in [0.25, 0.3) is 0 Å². The Morgan fingerprint density at radius 3 is 2.97 bits per heavy atom. The summed E-state index contributed by atoms with van der Waals surface area (Å²) in [6, 6.07) is 4.03. The van der Waals surface area contributed by atoms with Gasteiger partial charge in [-0.25, -0.2) is 4.98 Å². The zero-order valence-electron chi connectivity index (χ0n) is 17.1. The van der Waals surface area contributed by atoms with Crippen molar-refractivity contribution in [2.24, 2.45) is 5.92 Å². The molecule has 0 aliphatic carbocycles. The molecule has 156 valence electrons. The molecule has 2 aromatic heterocycles. The predicted molar refractivity (Wildman–Crippen MR) is 113 cm³/mol. The average Bonchev–Trinajstić information content (AvgIpc) is 3.25. The van der Waals surface area contributed by atoms with E-state index in [1.54, 1.807) is 46.8 Å². The summed E-state index contributed by atoms with van der Waals surface area (Å²) in [7, 11) is 3.63. The Balaban J connectivity index is 1.58. The van der Waals surface area contributed by atoms with Gasteiger partial charge in [-0.15, -0.1) is 11.3 Å². The molecule has 2 amide bonds. The van der Waals surface area contributed by atoms with Crippen LogP contribution in [0.2, 0.25) is 0 Å². The van der Waals surface area contributed by atoms with E-state index < -0.39 is 0 Å². The van der Waals surface area contributed by atoms with Crippen LogP contribution in [0.15, 0.2) is 36.1 Å². The second-order valence-corrected chi connectivity index (χ2v) is 8.64. The number of thiazole rings is 1. The molecule has 29 heavy (non-hydrogen) atoms. The highest BCUT2D eigenvalue weighted by atomic mass is 32.1. The minimum Gasteiger partial charge on any atom is -0.344 e. The summed E-state index contributed by atoms with van der Waals surface area (Å²) in [5.41, 5.74) is 0.987. The molecule has 1 saturated heterocycles. The molecule has 0 saturated carbocycles. The molecule has 1 aliphatic heterocycles. The zero-order valence-corrected chi connectivity index (χ0v) is 17.9. The van der Waals surface area contributed by atoms with Gasteiger partial charge < -0.3 is 15.1 Å². The molecule has 0 aromatic carbocycles. The molecule has 1 aliphatic rings. The van der Waals surface area contributed by atoms with Crippen LogP contribution in [0.4, 0.5) is 0 Å². The van der Waals surface area contributed by atoms with Crippen LogP contribution < -0.4 is 5.32 Å². The molecular formula is C21H29N5O2S. The first-order valence-electron chi connectivity index (χ1n) is 10.0. The van der Waals surface area contributed by atoms with Gasteiger partial charge >= 0.3 is 0 Å². The van der Waals surface area contributed by atoms with Crippen LogP contribution in [0, 0.1) is 5.92 Å². The Labute approximate surface area is 176 Å². The number of amides is 2. The predicted octanol–water partition coefficient (Wildman–Crippen LogP) is 2.30. The Hall–Kier alpha value is -2.32. The van der Waals surface area contributed by atoms with E-state index in [1.807, 2.05) is 24.6 Å². The van der Waals surface area contributed by atoms with Gasteiger partial charge in [-0.2, -0.15) is 0 Å². The fourth-order valence-electron chi connectivity index (χ4n) is 3.71. The molecule has 8 heteroatoms. The number of hydrogen-bond acceptors (Lipinski definition) is 6. The normalized spacial score (nSPS) is 20.6. The summed E-state index contributed by atoms with van der Waals surface area (Å²) in [6.07, 6.45) is 8.13.